The van der Waals surface area contributed by atoms with Gasteiger partial charge in [-0.1, -0.05) is 12.1 Å². The van der Waals surface area contributed by atoms with Crippen molar-refractivity contribution in [2.75, 3.05) is 45.9 Å². The Morgan fingerprint density at radius 1 is 1.03 bits per heavy atom. The topological polar surface area (TPSA) is 96.3 Å². The zero-order valence-electron chi connectivity index (χ0n) is 19.7. The van der Waals surface area contributed by atoms with Crippen LogP contribution in [0.2, 0.25) is 0 Å². The van der Waals surface area contributed by atoms with E-state index in [1.54, 1.807) is 19.1 Å². The van der Waals surface area contributed by atoms with Crippen LogP contribution in [-0.2, 0) is 16.1 Å². The number of hydrogen-bond donors (Lipinski definition) is 2. The molecule has 1 unspecified atom stereocenters. The van der Waals surface area contributed by atoms with Crippen LogP contribution in [0.3, 0.4) is 0 Å². The highest BCUT2D eigenvalue weighted by Gasteiger charge is 2.36. The summed E-state index contributed by atoms with van der Waals surface area (Å²) in [5.41, 5.74) is 2.19. The SMILES string of the molecule is CCOC(=O)C1=C(CN2CCN(Cc3ccc(OCC)cc3)CC2)NC(=O)NC1c1ccco1. The largest absolute Gasteiger partial charge is 0.494 e. The van der Waals surface area contributed by atoms with Gasteiger partial charge in [-0.05, 0) is 43.7 Å². The van der Waals surface area contributed by atoms with Crippen LogP contribution in [0.5, 0.6) is 5.75 Å². The van der Waals surface area contributed by atoms with Crippen LogP contribution >= 0.6 is 0 Å². The lowest BCUT2D eigenvalue weighted by Gasteiger charge is -2.36. The van der Waals surface area contributed by atoms with E-state index in [4.69, 9.17) is 13.9 Å². The summed E-state index contributed by atoms with van der Waals surface area (Å²) in [6, 6.07) is 10.7. The Morgan fingerprint density at radius 2 is 1.74 bits per heavy atom. The zero-order chi connectivity index (χ0) is 23.9. The molecule has 2 aliphatic rings. The van der Waals surface area contributed by atoms with Gasteiger partial charge in [-0.2, -0.15) is 0 Å². The lowest BCUT2D eigenvalue weighted by atomic mass is 9.99. The summed E-state index contributed by atoms with van der Waals surface area (Å²) in [7, 11) is 0. The maximum absolute atomic E-state index is 12.8. The van der Waals surface area contributed by atoms with E-state index in [0.717, 1.165) is 38.5 Å². The molecule has 0 aliphatic carbocycles. The van der Waals surface area contributed by atoms with E-state index in [0.29, 0.717) is 30.2 Å². The molecule has 2 amide bonds. The fourth-order valence-electron chi connectivity index (χ4n) is 4.31. The smallest absolute Gasteiger partial charge is 0.338 e. The molecule has 2 aromatic rings. The van der Waals surface area contributed by atoms with Crippen LogP contribution in [0.25, 0.3) is 0 Å². The summed E-state index contributed by atoms with van der Waals surface area (Å²) >= 11 is 0. The van der Waals surface area contributed by atoms with E-state index in [1.807, 2.05) is 19.1 Å². The molecule has 2 aliphatic heterocycles. The average Bonchev–Trinajstić information content (AvgIpc) is 3.36. The molecule has 9 heteroatoms. The maximum atomic E-state index is 12.8. The van der Waals surface area contributed by atoms with E-state index in [9.17, 15) is 9.59 Å². The van der Waals surface area contributed by atoms with Gasteiger partial charge in [0.15, 0.2) is 0 Å². The Labute approximate surface area is 199 Å². The highest BCUT2D eigenvalue weighted by molar-refractivity contribution is 5.95. The van der Waals surface area contributed by atoms with Gasteiger partial charge in [0.2, 0.25) is 0 Å². The van der Waals surface area contributed by atoms with Crippen molar-refractivity contribution in [2.45, 2.75) is 26.4 Å². The molecular weight excluding hydrogens is 436 g/mol. The minimum Gasteiger partial charge on any atom is -0.494 e. The Morgan fingerprint density at radius 3 is 2.35 bits per heavy atom. The molecule has 1 fully saturated rings. The summed E-state index contributed by atoms with van der Waals surface area (Å²) in [6.07, 6.45) is 1.52. The minimum absolute atomic E-state index is 0.249. The first-order valence-corrected chi connectivity index (χ1v) is 11.7. The van der Waals surface area contributed by atoms with Crippen molar-refractivity contribution in [3.63, 3.8) is 0 Å². The molecule has 1 aromatic heterocycles. The molecule has 0 spiro atoms. The number of benzene rings is 1. The Kier molecular flexibility index (Phi) is 7.87. The standard InChI is InChI=1S/C25H32N4O5/c1-3-32-19-9-7-18(8-10-19)16-28-11-13-29(14-12-28)17-20-22(24(30)33-4-2)23(27-25(31)26-20)21-6-5-15-34-21/h5-10,15,23H,3-4,11-14,16-17H2,1-2H3,(H2,26,27,31). The number of carbonyl (C=O) groups is 2. The highest BCUT2D eigenvalue weighted by Crippen LogP contribution is 2.28. The number of amides is 2. The fourth-order valence-corrected chi connectivity index (χ4v) is 4.31. The van der Waals surface area contributed by atoms with Crippen molar-refractivity contribution >= 4 is 12.0 Å². The van der Waals surface area contributed by atoms with Crippen LogP contribution in [-0.4, -0.2) is 67.7 Å². The van der Waals surface area contributed by atoms with Gasteiger partial charge in [0.25, 0.3) is 0 Å². The van der Waals surface area contributed by atoms with Gasteiger partial charge >= 0.3 is 12.0 Å². The number of urea groups is 1. The molecule has 0 radical (unpaired) electrons. The maximum Gasteiger partial charge on any atom is 0.338 e. The predicted molar refractivity (Wildman–Crippen MR) is 126 cm³/mol. The Balaban J connectivity index is 1.41. The molecule has 4 rings (SSSR count). The Hall–Kier alpha value is -3.30. The molecule has 3 heterocycles. The number of rotatable bonds is 9. The van der Waals surface area contributed by atoms with Gasteiger partial charge in [-0.15, -0.1) is 0 Å². The third-order valence-corrected chi connectivity index (χ3v) is 5.96. The van der Waals surface area contributed by atoms with E-state index in [-0.39, 0.29) is 12.6 Å². The van der Waals surface area contributed by atoms with E-state index in [2.05, 4.69) is 32.6 Å². The summed E-state index contributed by atoms with van der Waals surface area (Å²) in [5.74, 6) is 0.926. The lowest BCUT2D eigenvalue weighted by Crippen LogP contribution is -2.51. The van der Waals surface area contributed by atoms with Crippen molar-refractivity contribution in [2.24, 2.45) is 0 Å². The first-order valence-electron chi connectivity index (χ1n) is 11.7. The number of hydrogen-bond acceptors (Lipinski definition) is 7. The van der Waals surface area contributed by atoms with Crippen molar-refractivity contribution in [1.29, 1.82) is 0 Å². The van der Waals surface area contributed by atoms with E-state index < -0.39 is 12.0 Å². The number of esters is 1. The van der Waals surface area contributed by atoms with Crippen molar-refractivity contribution in [3.8, 4) is 5.75 Å². The van der Waals surface area contributed by atoms with Gasteiger partial charge in [0.05, 0.1) is 25.1 Å². The monoisotopic (exact) mass is 468 g/mol. The summed E-state index contributed by atoms with van der Waals surface area (Å²) < 4.78 is 16.3. The molecule has 34 heavy (non-hydrogen) atoms. The number of carbonyl (C=O) groups excluding carboxylic acids is 2. The average molecular weight is 469 g/mol. The van der Waals surface area contributed by atoms with Crippen LogP contribution in [0, 0.1) is 0 Å². The molecule has 182 valence electrons. The summed E-state index contributed by atoms with van der Waals surface area (Å²) in [6.45, 7) is 9.41. The molecule has 9 nitrogen and oxygen atoms in total. The number of piperazine rings is 1. The van der Waals surface area contributed by atoms with Crippen LogP contribution in [0.1, 0.15) is 31.2 Å². The van der Waals surface area contributed by atoms with Crippen LogP contribution < -0.4 is 15.4 Å². The van der Waals surface area contributed by atoms with Gasteiger partial charge in [-0.3, -0.25) is 9.80 Å². The molecule has 1 aromatic carbocycles. The fraction of sp³-hybridized carbons (Fsp3) is 0.440. The van der Waals surface area contributed by atoms with Crippen molar-refractivity contribution in [1.82, 2.24) is 20.4 Å². The van der Waals surface area contributed by atoms with E-state index >= 15 is 0 Å². The number of nitrogens with one attached hydrogen (secondary N) is 2. The molecular formula is C25H32N4O5. The molecule has 2 N–H and O–H groups in total. The quantitative estimate of drug-likeness (QED) is 0.546. The van der Waals surface area contributed by atoms with Gasteiger partial charge in [0.1, 0.15) is 17.6 Å². The second-order valence-electron chi connectivity index (χ2n) is 8.29. The first-order chi connectivity index (χ1) is 16.6. The normalized spacial score (nSPS) is 19.5. The molecule has 1 saturated heterocycles. The minimum atomic E-state index is -0.682. The second kappa shape index (κ2) is 11.2. The lowest BCUT2D eigenvalue weighted by molar-refractivity contribution is -0.139. The van der Waals surface area contributed by atoms with Gasteiger partial charge < -0.3 is 24.5 Å². The molecule has 0 bridgehead atoms. The molecule has 1 atom stereocenters. The number of ether oxygens (including phenoxy) is 2. The van der Waals surface area contributed by atoms with Crippen molar-refractivity contribution in [3.05, 3.63) is 65.3 Å². The zero-order valence-corrected chi connectivity index (χ0v) is 19.7. The van der Waals surface area contributed by atoms with Gasteiger partial charge in [-0.25, -0.2) is 9.59 Å². The predicted octanol–water partition coefficient (Wildman–Crippen LogP) is 2.67. The van der Waals surface area contributed by atoms with Gasteiger partial charge in [0, 0.05) is 45.0 Å². The number of nitrogens with zero attached hydrogens (tertiary/aromatic N) is 2. The second-order valence-corrected chi connectivity index (χ2v) is 8.29. The Bertz CT molecular complexity index is 995. The third kappa shape index (κ3) is 5.78. The first kappa shape index (κ1) is 23.8. The summed E-state index contributed by atoms with van der Waals surface area (Å²) in [4.78, 5) is 29.9. The van der Waals surface area contributed by atoms with Crippen LogP contribution in [0.15, 0.2) is 58.3 Å². The van der Waals surface area contributed by atoms with E-state index in [1.165, 1.54) is 11.8 Å². The number of furan rings is 1. The third-order valence-electron chi connectivity index (χ3n) is 5.96. The van der Waals surface area contributed by atoms with Crippen LogP contribution in [0.4, 0.5) is 4.79 Å². The van der Waals surface area contributed by atoms with Crippen molar-refractivity contribution < 1.29 is 23.5 Å². The summed E-state index contributed by atoms with van der Waals surface area (Å²) in [5, 5.41) is 5.61. The molecule has 0 saturated carbocycles. The highest BCUT2D eigenvalue weighted by atomic mass is 16.5.